The summed E-state index contributed by atoms with van der Waals surface area (Å²) < 4.78 is 24.8. The summed E-state index contributed by atoms with van der Waals surface area (Å²) in [6.45, 7) is 0. The van der Waals surface area contributed by atoms with E-state index in [1.54, 1.807) is 0 Å². The lowest BCUT2D eigenvalue weighted by Crippen LogP contribution is -2.18. The molecule has 0 spiro atoms. The maximum atomic E-state index is 11.3. The van der Waals surface area contributed by atoms with Crippen LogP contribution in [0, 0.1) is 0 Å². The summed E-state index contributed by atoms with van der Waals surface area (Å²) in [5.41, 5.74) is 0. The molecule has 1 aliphatic carbocycles. The van der Waals surface area contributed by atoms with Gasteiger partial charge >= 0.3 is 0 Å². The summed E-state index contributed by atoms with van der Waals surface area (Å²) in [4.78, 5) is 3.65. The van der Waals surface area contributed by atoms with Crippen LogP contribution in [0.15, 0.2) is 6.33 Å². The molecular formula is C5H8N4O2S. The van der Waals surface area contributed by atoms with Crippen molar-refractivity contribution >= 4 is 16.0 Å². The van der Waals surface area contributed by atoms with E-state index >= 15 is 0 Å². The predicted molar refractivity (Wildman–Crippen MR) is 41.9 cm³/mol. The van der Waals surface area contributed by atoms with Crippen LogP contribution in [0.2, 0.25) is 0 Å². The van der Waals surface area contributed by atoms with Gasteiger partial charge in [0.25, 0.3) is 0 Å². The van der Waals surface area contributed by atoms with Crippen LogP contribution < -0.4 is 4.72 Å². The number of nitrogens with one attached hydrogen (secondary N) is 2. The number of sulfonamides is 1. The molecule has 1 aromatic rings. The maximum Gasteiger partial charge on any atom is 0.237 e. The van der Waals surface area contributed by atoms with Gasteiger partial charge in [-0.25, -0.2) is 13.5 Å². The molecule has 6 nitrogen and oxygen atoms in total. The predicted octanol–water partition coefficient (Wildman–Crippen LogP) is -0.291. The number of aromatic amines is 1. The first kappa shape index (κ1) is 7.53. The molecule has 1 fully saturated rings. The maximum absolute atomic E-state index is 11.3. The molecule has 1 heterocycles. The molecule has 66 valence electrons. The molecule has 0 bridgehead atoms. The first-order valence-corrected chi connectivity index (χ1v) is 5.10. The van der Waals surface area contributed by atoms with Crippen LogP contribution in [-0.2, 0) is 10.0 Å². The van der Waals surface area contributed by atoms with Crippen LogP contribution in [0.5, 0.6) is 0 Å². The molecule has 0 aliphatic heterocycles. The van der Waals surface area contributed by atoms with E-state index in [2.05, 4.69) is 19.9 Å². The van der Waals surface area contributed by atoms with Gasteiger partial charge in [0.1, 0.15) is 6.33 Å². The number of anilines is 1. The molecule has 0 radical (unpaired) electrons. The van der Waals surface area contributed by atoms with Crippen LogP contribution in [-0.4, -0.2) is 28.8 Å². The van der Waals surface area contributed by atoms with Crippen molar-refractivity contribution in [1.29, 1.82) is 0 Å². The third-order valence-corrected chi connectivity index (χ3v) is 3.44. The molecule has 0 amide bonds. The minimum absolute atomic E-state index is 0.182. The van der Waals surface area contributed by atoms with Crippen molar-refractivity contribution in [3.05, 3.63) is 6.33 Å². The summed E-state index contributed by atoms with van der Waals surface area (Å²) in [5.74, 6) is 0.182. The molecule has 0 saturated heterocycles. The lowest BCUT2D eigenvalue weighted by atomic mass is 11.0. The van der Waals surface area contributed by atoms with E-state index in [0.717, 1.165) is 12.8 Å². The Kier molecular flexibility index (Phi) is 1.53. The number of H-pyrrole nitrogens is 1. The SMILES string of the molecule is O=S(=O)(Nc1ncn[nH]1)C1CC1. The van der Waals surface area contributed by atoms with E-state index in [9.17, 15) is 8.42 Å². The highest BCUT2D eigenvalue weighted by atomic mass is 32.2. The molecule has 0 unspecified atom stereocenters. The number of rotatable bonds is 3. The third-order valence-electron chi connectivity index (χ3n) is 1.62. The van der Waals surface area contributed by atoms with Gasteiger partial charge in [0.15, 0.2) is 0 Å². The van der Waals surface area contributed by atoms with Gasteiger partial charge in [-0.2, -0.15) is 10.1 Å². The summed E-state index contributed by atoms with van der Waals surface area (Å²) in [6.07, 6.45) is 2.73. The molecule has 7 heteroatoms. The quantitative estimate of drug-likeness (QED) is 0.682. The Labute approximate surface area is 69.4 Å². The first-order valence-electron chi connectivity index (χ1n) is 3.55. The van der Waals surface area contributed by atoms with E-state index in [-0.39, 0.29) is 11.2 Å². The zero-order valence-corrected chi connectivity index (χ0v) is 7.00. The second kappa shape index (κ2) is 2.44. The van der Waals surface area contributed by atoms with Crippen molar-refractivity contribution in [2.45, 2.75) is 18.1 Å². The normalized spacial score (nSPS) is 17.7. The lowest BCUT2D eigenvalue weighted by Gasteiger charge is -2.00. The van der Waals surface area contributed by atoms with Crippen molar-refractivity contribution in [2.24, 2.45) is 0 Å². The molecule has 12 heavy (non-hydrogen) atoms. The molecule has 1 saturated carbocycles. The Hall–Kier alpha value is -1.11. The highest BCUT2D eigenvalue weighted by Gasteiger charge is 2.36. The Balaban J connectivity index is 2.12. The summed E-state index contributed by atoms with van der Waals surface area (Å²) in [7, 11) is -3.19. The monoisotopic (exact) mass is 188 g/mol. The van der Waals surface area contributed by atoms with Crippen LogP contribution in [0.3, 0.4) is 0 Å². The first-order chi connectivity index (χ1) is 5.68. The van der Waals surface area contributed by atoms with Gasteiger partial charge in [-0.1, -0.05) is 0 Å². The highest BCUT2D eigenvalue weighted by molar-refractivity contribution is 7.93. The molecule has 0 aromatic carbocycles. The van der Waals surface area contributed by atoms with Gasteiger partial charge in [-0.3, -0.25) is 4.72 Å². The molecule has 0 atom stereocenters. The van der Waals surface area contributed by atoms with Gasteiger partial charge in [0.2, 0.25) is 16.0 Å². The van der Waals surface area contributed by atoms with Gasteiger partial charge in [-0.05, 0) is 12.8 Å². The lowest BCUT2D eigenvalue weighted by molar-refractivity contribution is 0.599. The number of hydrogen-bond donors (Lipinski definition) is 2. The standard InChI is InChI=1S/C5H8N4O2S/c10-12(11,4-1-2-4)9-5-6-3-7-8-5/h3-4H,1-2H2,(H2,6,7,8,9). The zero-order chi connectivity index (χ0) is 8.60. The second-order valence-corrected chi connectivity index (χ2v) is 4.64. The number of hydrogen-bond acceptors (Lipinski definition) is 4. The molecule has 1 aromatic heterocycles. The summed E-state index contributed by atoms with van der Waals surface area (Å²) in [5, 5.41) is 5.71. The highest BCUT2D eigenvalue weighted by Crippen LogP contribution is 2.28. The fraction of sp³-hybridized carbons (Fsp3) is 0.600. The molecule has 2 rings (SSSR count). The average Bonchev–Trinajstić information content (AvgIpc) is 2.74. The van der Waals surface area contributed by atoms with Crippen molar-refractivity contribution < 1.29 is 8.42 Å². The van der Waals surface area contributed by atoms with E-state index in [1.807, 2.05) is 0 Å². The third kappa shape index (κ3) is 1.40. The average molecular weight is 188 g/mol. The Bertz CT molecular complexity index is 353. The fourth-order valence-corrected chi connectivity index (χ4v) is 2.14. The Morgan fingerprint density at radius 3 is 2.83 bits per heavy atom. The van der Waals surface area contributed by atoms with Crippen molar-refractivity contribution in [2.75, 3.05) is 4.72 Å². The van der Waals surface area contributed by atoms with Crippen molar-refractivity contribution in [1.82, 2.24) is 15.2 Å². The largest absolute Gasteiger partial charge is 0.251 e. The molecule has 2 N–H and O–H groups in total. The van der Waals surface area contributed by atoms with Crippen LogP contribution in [0.25, 0.3) is 0 Å². The summed E-state index contributed by atoms with van der Waals surface area (Å²) >= 11 is 0. The van der Waals surface area contributed by atoms with Gasteiger partial charge < -0.3 is 0 Å². The summed E-state index contributed by atoms with van der Waals surface area (Å²) in [6, 6.07) is 0. The van der Waals surface area contributed by atoms with Crippen molar-refractivity contribution in [3.8, 4) is 0 Å². The van der Waals surface area contributed by atoms with E-state index in [1.165, 1.54) is 6.33 Å². The number of aromatic nitrogens is 3. The topological polar surface area (TPSA) is 87.7 Å². The number of nitrogens with zero attached hydrogens (tertiary/aromatic N) is 2. The van der Waals surface area contributed by atoms with E-state index < -0.39 is 10.0 Å². The zero-order valence-electron chi connectivity index (χ0n) is 6.19. The minimum atomic E-state index is -3.19. The minimum Gasteiger partial charge on any atom is -0.251 e. The van der Waals surface area contributed by atoms with Gasteiger partial charge in [-0.15, -0.1) is 0 Å². The Morgan fingerprint density at radius 1 is 1.58 bits per heavy atom. The fourth-order valence-electron chi connectivity index (χ4n) is 0.851. The van der Waals surface area contributed by atoms with Gasteiger partial charge in [0.05, 0.1) is 5.25 Å². The van der Waals surface area contributed by atoms with E-state index in [4.69, 9.17) is 0 Å². The second-order valence-electron chi connectivity index (χ2n) is 2.68. The van der Waals surface area contributed by atoms with Crippen LogP contribution in [0.1, 0.15) is 12.8 Å². The smallest absolute Gasteiger partial charge is 0.237 e. The van der Waals surface area contributed by atoms with Crippen LogP contribution in [0.4, 0.5) is 5.95 Å². The molecular weight excluding hydrogens is 180 g/mol. The van der Waals surface area contributed by atoms with E-state index in [0.29, 0.717) is 0 Å². The van der Waals surface area contributed by atoms with Crippen LogP contribution >= 0.6 is 0 Å². The van der Waals surface area contributed by atoms with Crippen molar-refractivity contribution in [3.63, 3.8) is 0 Å². The van der Waals surface area contributed by atoms with Gasteiger partial charge in [0, 0.05) is 0 Å². The Morgan fingerprint density at radius 2 is 2.33 bits per heavy atom. The molecule has 1 aliphatic rings.